The topological polar surface area (TPSA) is 160 Å². The molecule has 202 valence electrons. The highest BCUT2D eigenvalue weighted by Crippen LogP contribution is 2.13. The number of carbonyl (C=O) groups is 3. The summed E-state index contributed by atoms with van der Waals surface area (Å²) < 4.78 is 18.9. The van der Waals surface area contributed by atoms with Crippen LogP contribution in [0.25, 0.3) is 0 Å². The van der Waals surface area contributed by atoms with Crippen molar-refractivity contribution in [1.29, 1.82) is 0 Å². The van der Waals surface area contributed by atoms with Gasteiger partial charge in [-0.25, -0.2) is 4.79 Å². The van der Waals surface area contributed by atoms with Crippen molar-refractivity contribution in [2.24, 2.45) is 0 Å². The summed E-state index contributed by atoms with van der Waals surface area (Å²) in [7, 11) is 0. The lowest BCUT2D eigenvalue weighted by Gasteiger charge is -2.14. The number of esters is 1. The summed E-state index contributed by atoms with van der Waals surface area (Å²) in [5.41, 5.74) is 11.5. The molecule has 0 aliphatic heterocycles. The van der Waals surface area contributed by atoms with Crippen molar-refractivity contribution in [1.82, 2.24) is 0 Å². The Bertz CT molecular complexity index is 814. The molecule has 0 saturated heterocycles. The summed E-state index contributed by atoms with van der Waals surface area (Å²) in [4.78, 5) is 30.1. The van der Waals surface area contributed by atoms with E-state index in [-0.39, 0.29) is 29.5 Å². The van der Waals surface area contributed by atoms with E-state index in [1.165, 1.54) is 0 Å². The van der Waals surface area contributed by atoms with E-state index in [0.29, 0.717) is 36.7 Å². The Morgan fingerprint density at radius 3 is 1.47 bits per heavy atom. The zero-order valence-electron chi connectivity index (χ0n) is 22.1. The molecule has 0 bridgehead atoms. The van der Waals surface area contributed by atoms with Crippen LogP contribution in [0.2, 0.25) is 0 Å². The van der Waals surface area contributed by atoms with Crippen LogP contribution in [0.5, 0.6) is 11.5 Å². The maximum absolute atomic E-state index is 10.9. The number of hydrogen-bond acceptors (Lipinski definition) is 10. The SMILES string of the molecule is CC(C)(C)OC=O.CC(C)(C)OC=O.CCOC(=O)COc1ccc(N)cc1.Nc1ccc(O)cc1. The Morgan fingerprint density at radius 1 is 0.806 bits per heavy atom. The first-order chi connectivity index (χ1) is 16.6. The van der Waals surface area contributed by atoms with Crippen LogP contribution in [0.4, 0.5) is 11.4 Å². The molecule has 0 aromatic heterocycles. The Kier molecular flexibility index (Phi) is 17.5. The lowest BCUT2D eigenvalue weighted by molar-refractivity contribution is -0.145. The number of nitrogens with two attached hydrogens (primary N) is 2. The molecule has 2 aromatic rings. The number of rotatable bonds is 6. The fraction of sp³-hybridized carbons (Fsp3) is 0.423. The number of nitrogen functional groups attached to an aromatic ring is 2. The van der Waals surface area contributed by atoms with Gasteiger partial charge >= 0.3 is 5.97 Å². The predicted octanol–water partition coefficient (Wildman–Crippen LogP) is 4.10. The molecule has 5 N–H and O–H groups in total. The molecular weight excluding hydrogens is 468 g/mol. The van der Waals surface area contributed by atoms with Crippen molar-refractivity contribution in [3.63, 3.8) is 0 Å². The maximum atomic E-state index is 10.9. The first-order valence-electron chi connectivity index (χ1n) is 11.0. The molecule has 0 heterocycles. The van der Waals surface area contributed by atoms with E-state index in [1.807, 2.05) is 41.5 Å². The Balaban J connectivity index is 0. The van der Waals surface area contributed by atoms with E-state index in [9.17, 15) is 14.4 Å². The van der Waals surface area contributed by atoms with Gasteiger partial charge in [-0.3, -0.25) is 9.59 Å². The Labute approximate surface area is 213 Å². The Morgan fingerprint density at radius 2 is 1.19 bits per heavy atom. The van der Waals surface area contributed by atoms with Crippen molar-refractivity contribution in [2.75, 3.05) is 24.7 Å². The van der Waals surface area contributed by atoms with Crippen LogP contribution in [0, 0.1) is 0 Å². The van der Waals surface area contributed by atoms with Crippen molar-refractivity contribution in [3.05, 3.63) is 48.5 Å². The van der Waals surface area contributed by atoms with Gasteiger partial charge in [-0.2, -0.15) is 0 Å². The second kappa shape index (κ2) is 18.4. The van der Waals surface area contributed by atoms with E-state index >= 15 is 0 Å². The van der Waals surface area contributed by atoms with Gasteiger partial charge in [-0.1, -0.05) is 0 Å². The van der Waals surface area contributed by atoms with Crippen LogP contribution < -0.4 is 16.2 Å². The van der Waals surface area contributed by atoms with Crippen molar-refractivity contribution in [2.45, 2.75) is 59.7 Å². The standard InChI is InChI=1S/C10H13NO3.C6H7NO.2C5H10O2/c1-2-13-10(12)7-14-9-5-3-8(11)4-6-9;7-5-1-3-6(8)4-2-5;2*1-5(2,3)7-4-6/h3-6H,2,7,11H2,1H3;1-4,8H,7H2;2*4H,1-3H3. The highest BCUT2D eigenvalue weighted by molar-refractivity contribution is 5.71. The fourth-order valence-corrected chi connectivity index (χ4v) is 1.67. The second-order valence-electron chi connectivity index (χ2n) is 8.91. The lowest BCUT2D eigenvalue weighted by Crippen LogP contribution is -2.17. The first-order valence-corrected chi connectivity index (χ1v) is 11.0. The normalized spacial score (nSPS) is 9.86. The summed E-state index contributed by atoms with van der Waals surface area (Å²) >= 11 is 0. The Hall–Kier alpha value is -3.95. The van der Waals surface area contributed by atoms with Crippen LogP contribution >= 0.6 is 0 Å². The van der Waals surface area contributed by atoms with Gasteiger partial charge in [0.15, 0.2) is 6.61 Å². The van der Waals surface area contributed by atoms with Crippen LogP contribution in [0.1, 0.15) is 48.5 Å². The third-order valence-electron chi connectivity index (χ3n) is 3.24. The van der Waals surface area contributed by atoms with Gasteiger partial charge in [0.2, 0.25) is 0 Å². The molecule has 36 heavy (non-hydrogen) atoms. The first kappa shape index (κ1) is 34.2. The molecule has 2 aromatic carbocycles. The summed E-state index contributed by atoms with van der Waals surface area (Å²) in [6, 6.07) is 13.2. The minimum Gasteiger partial charge on any atom is -0.508 e. The highest BCUT2D eigenvalue weighted by Gasteiger charge is 2.08. The molecule has 0 fully saturated rings. The molecule has 0 atom stereocenters. The molecule has 0 saturated carbocycles. The van der Waals surface area contributed by atoms with Crippen molar-refractivity contribution >= 4 is 30.3 Å². The molecule has 0 aliphatic carbocycles. The minimum atomic E-state index is -0.371. The molecule has 10 nitrogen and oxygen atoms in total. The van der Waals surface area contributed by atoms with Crippen LogP contribution in [0.3, 0.4) is 0 Å². The van der Waals surface area contributed by atoms with Crippen LogP contribution in [-0.2, 0) is 28.6 Å². The van der Waals surface area contributed by atoms with E-state index in [1.54, 1.807) is 55.5 Å². The minimum absolute atomic E-state index is 0.0717. The second-order valence-corrected chi connectivity index (χ2v) is 8.91. The van der Waals surface area contributed by atoms with Crippen LogP contribution in [0.15, 0.2) is 48.5 Å². The summed E-state index contributed by atoms with van der Waals surface area (Å²) in [6.45, 7) is 13.9. The van der Waals surface area contributed by atoms with Gasteiger partial charge in [0.25, 0.3) is 12.9 Å². The smallest absolute Gasteiger partial charge is 0.344 e. The number of hydrogen-bond donors (Lipinski definition) is 3. The summed E-state index contributed by atoms with van der Waals surface area (Å²) in [6.07, 6.45) is 0. The van der Waals surface area contributed by atoms with Gasteiger partial charge < -0.3 is 35.5 Å². The molecule has 0 radical (unpaired) electrons. The fourth-order valence-electron chi connectivity index (χ4n) is 1.67. The van der Waals surface area contributed by atoms with Gasteiger partial charge in [0, 0.05) is 11.4 Å². The zero-order valence-corrected chi connectivity index (χ0v) is 22.1. The van der Waals surface area contributed by atoms with Gasteiger partial charge in [-0.05, 0) is 97.0 Å². The monoisotopic (exact) mass is 508 g/mol. The molecule has 0 spiro atoms. The van der Waals surface area contributed by atoms with E-state index < -0.39 is 0 Å². The third kappa shape index (κ3) is 24.7. The summed E-state index contributed by atoms with van der Waals surface area (Å²) in [5, 5.41) is 8.70. The summed E-state index contributed by atoms with van der Waals surface area (Å²) in [5.74, 6) is 0.482. The predicted molar refractivity (Wildman–Crippen MR) is 139 cm³/mol. The quantitative estimate of drug-likeness (QED) is 0.170. The number of anilines is 2. The molecular formula is C26H40N2O8. The van der Waals surface area contributed by atoms with Gasteiger partial charge in [0.1, 0.15) is 22.7 Å². The number of ether oxygens (including phenoxy) is 4. The highest BCUT2D eigenvalue weighted by atomic mass is 16.6. The lowest BCUT2D eigenvalue weighted by atomic mass is 10.2. The van der Waals surface area contributed by atoms with E-state index in [0.717, 1.165) is 0 Å². The van der Waals surface area contributed by atoms with Crippen LogP contribution in [-0.4, -0.2) is 48.4 Å². The van der Waals surface area contributed by atoms with Crippen molar-refractivity contribution < 1.29 is 38.4 Å². The van der Waals surface area contributed by atoms with E-state index in [4.69, 9.17) is 26.0 Å². The number of aromatic hydroxyl groups is 1. The zero-order chi connectivity index (χ0) is 28.2. The number of phenols is 1. The average molecular weight is 509 g/mol. The molecule has 10 heteroatoms. The van der Waals surface area contributed by atoms with Gasteiger partial charge in [-0.15, -0.1) is 0 Å². The molecule has 0 amide bonds. The number of carbonyl (C=O) groups excluding carboxylic acids is 3. The number of phenolic OH excluding ortho intramolecular Hbond substituents is 1. The van der Waals surface area contributed by atoms with Crippen molar-refractivity contribution in [3.8, 4) is 11.5 Å². The third-order valence-corrected chi connectivity index (χ3v) is 3.24. The maximum Gasteiger partial charge on any atom is 0.344 e. The average Bonchev–Trinajstić information content (AvgIpc) is 2.75. The number of benzene rings is 2. The molecule has 2 rings (SSSR count). The molecule has 0 unspecified atom stereocenters. The molecule has 0 aliphatic rings. The largest absolute Gasteiger partial charge is 0.508 e. The van der Waals surface area contributed by atoms with Gasteiger partial charge in [0.05, 0.1) is 6.61 Å². The van der Waals surface area contributed by atoms with E-state index in [2.05, 4.69) is 9.47 Å².